The minimum Gasteiger partial charge on any atom is -0.464 e. The van der Waals surface area contributed by atoms with Gasteiger partial charge in [0.25, 0.3) is 0 Å². The van der Waals surface area contributed by atoms with Gasteiger partial charge in [0.2, 0.25) is 0 Å². The molecule has 1 aromatic rings. The van der Waals surface area contributed by atoms with Crippen LogP contribution in [0.1, 0.15) is 32.1 Å². The third kappa shape index (κ3) is 2.79. The number of aliphatic hydroxyl groups excluding tert-OH is 1. The van der Waals surface area contributed by atoms with Gasteiger partial charge in [-0.05, 0) is 19.4 Å². The van der Waals surface area contributed by atoms with Crippen LogP contribution in [0.3, 0.4) is 0 Å². The van der Waals surface area contributed by atoms with E-state index >= 15 is 0 Å². The number of hydrogen-bond donors (Lipinski definition) is 1. The van der Waals surface area contributed by atoms with Gasteiger partial charge in [-0.2, -0.15) is 5.10 Å². The molecule has 0 fully saturated rings. The molecule has 0 radical (unpaired) electrons. The molecule has 84 valence electrons. The Hall–Kier alpha value is -1.36. The number of aliphatic hydroxyl groups is 1. The molecule has 0 amide bonds. The van der Waals surface area contributed by atoms with Gasteiger partial charge >= 0.3 is 5.97 Å². The molecule has 1 rings (SSSR count). The van der Waals surface area contributed by atoms with E-state index in [2.05, 4.69) is 5.10 Å². The third-order valence-corrected chi connectivity index (χ3v) is 1.97. The van der Waals surface area contributed by atoms with Gasteiger partial charge in [-0.1, -0.05) is 6.92 Å². The predicted molar refractivity (Wildman–Crippen MR) is 54.1 cm³/mol. The molecule has 1 N–H and O–H groups in total. The van der Waals surface area contributed by atoms with Crippen LogP contribution in [0.25, 0.3) is 0 Å². The molecule has 5 nitrogen and oxygen atoms in total. The van der Waals surface area contributed by atoms with E-state index in [9.17, 15) is 9.90 Å². The number of aromatic nitrogens is 2. The van der Waals surface area contributed by atoms with Crippen LogP contribution in [0, 0.1) is 0 Å². The maximum absolute atomic E-state index is 11.3. The van der Waals surface area contributed by atoms with Crippen molar-refractivity contribution in [1.29, 1.82) is 0 Å². The van der Waals surface area contributed by atoms with E-state index in [0.717, 1.165) is 6.42 Å². The minimum atomic E-state index is -1.24. The third-order valence-electron chi connectivity index (χ3n) is 1.97. The zero-order valence-corrected chi connectivity index (χ0v) is 9.01. The molecule has 1 atom stereocenters. The van der Waals surface area contributed by atoms with Crippen LogP contribution in [0.4, 0.5) is 0 Å². The molecule has 1 unspecified atom stereocenters. The first-order valence-electron chi connectivity index (χ1n) is 5.07. The average Bonchev–Trinajstić information content (AvgIpc) is 2.66. The zero-order chi connectivity index (χ0) is 11.3. The van der Waals surface area contributed by atoms with E-state index in [0.29, 0.717) is 12.2 Å². The van der Waals surface area contributed by atoms with Gasteiger partial charge in [0.05, 0.1) is 12.3 Å². The number of esters is 1. The number of ether oxygens (including phenoxy) is 1. The lowest BCUT2D eigenvalue weighted by atomic mass is 10.2. The Kier molecular flexibility index (Phi) is 4.30. The highest BCUT2D eigenvalue weighted by Gasteiger charge is 2.22. The zero-order valence-electron chi connectivity index (χ0n) is 9.01. The van der Waals surface area contributed by atoms with Crippen LogP contribution >= 0.6 is 0 Å². The van der Waals surface area contributed by atoms with Crippen LogP contribution in [-0.2, 0) is 16.1 Å². The monoisotopic (exact) mass is 212 g/mol. The fraction of sp³-hybridized carbons (Fsp3) is 0.600. The van der Waals surface area contributed by atoms with Crippen LogP contribution in [0.2, 0.25) is 0 Å². The smallest absolute Gasteiger partial charge is 0.341 e. The maximum atomic E-state index is 11.3. The highest BCUT2D eigenvalue weighted by molar-refractivity contribution is 5.75. The van der Waals surface area contributed by atoms with Gasteiger partial charge in [-0.25, -0.2) is 4.79 Å². The Labute approximate surface area is 88.7 Å². The second kappa shape index (κ2) is 5.50. The summed E-state index contributed by atoms with van der Waals surface area (Å²) < 4.78 is 6.34. The molecule has 15 heavy (non-hydrogen) atoms. The maximum Gasteiger partial charge on any atom is 0.341 e. The largest absolute Gasteiger partial charge is 0.464 e. The van der Waals surface area contributed by atoms with Crippen molar-refractivity contribution in [3.8, 4) is 0 Å². The van der Waals surface area contributed by atoms with Crippen molar-refractivity contribution < 1.29 is 14.6 Å². The molecule has 0 spiro atoms. The van der Waals surface area contributed by atoms with Crippen molar-refractivity contribution >= 4 is 5.97 Å². The van der Waals surface area contributed by atoms with Crippen LogP contribution in [0.5, 0.6) is 0 Å². The van der Waals surface area contributed by atoms with Gasteiger partial charge in [0.1, 0.15) is 0 Å². The summed E-state index contributed by atoms with van der Waals surface area (Å²) in [6.45, 7) is 4.65. The second-order valence-corrected chi connectivity index (χ2v) is 3.13. The second-order valence-electron chi connectivity index (χ2n) is 3.13. The molecule has 5 heteroatoms. The SMILES string of the molecule is CCCn1nccc1C(O)C(=O)OCC. The Morgan fingerprint density at radius 3 is 3.00 bits per heavy atom. The van der Waals surface area contributed by atoms with Crippen molar-refractivity contribution in [3.05, 3.63) is 18.0 Å². The number of carbonyl (C=O) groups is 1. The number of hydrogen-bond acceptors (Lipinski definition) is 4. The van der Waals surface area contributed by atoms with E-state index in [1.165, 1.54) is 0 Å². The first-order chi connectivity index (χ1) is 7.20. The fourth-order valence-electron chi connectivity index (χ4n) is 1.32. The predicted octanol–water partition coefficient (Wildman–Crippen LogP) is 0.890. The van der Waals surface area contributed by atoms with Crippen molar-refractivity contribution in [3.63, 3.8) is 0 Å². The average molecular weight is 212 g/mol. The standard InChI is InChI=1S/C10H16N2O3/c1-3-7-12-8(5-6-11-12)9(13)10(14)15-4-2/h5-6,9,13H,3-4,7H2,1-2H3. The molecule has 0 aliphatic heterocycles. The van der Waals surface area contributed by atoms with E-state index in [-0.39, 0.29) is 6.61 Å². The summed E-state index contributed by atoms with van der Waals surface area (Å²) in [5.74, 6) is -0.629. The molecule has 0 aromatic carbocycles. The van der Waals surface area contributed by atoms with Gasteiger partial charge in [-0.3, -0.25) is 4.68 Å². The molecular formula is C10H16N2O3. The van der Waals surface area contributed by atoms with Crippen molar-refractivity contribution in [2.24, 2.45) is 0 Å². The van der Waals surface area contributed by atoms with Gasteiger partial charge in [0.15, 0.2) is 6.10 Å². The van der Waals surface area contributed by atoms with Crippen molar-refractivity contribution in [1.82, 2.24) is 9.78 Å². The number of carbonyl (C=O) groups excluding carboxylic acids is 1. The van der Waals surface area contributed by atoms with Crippen molar-refractivity contribution in [2.45, 2.75) is 32.9 Å². The summed E-state index contributed by atoms with van der Waals surface area (Å²) in [6.07, 6.45) is 1.22. The van der Waals surface area contributed by atoms with Gasteiger partial charge < -0.3 is 9.84 Å². The van der Waals surface area contributed by atoms with E-state index in [1.54, 1.807) is 23.9 Å². The molecule has 1 aromatic heterocycles. The molecule has 0 aliphatic rings. The molecule has 0 aliphatic carbocycles. The first kappa shape index (κ1) is 11.7. The lowest BCUT2D eigenvalue weighted by Gasteiger charge is -2.11. The lowest BCUT2D eigenvalue weighted by Crippen LogP contribution is -2.19. The first-order valence-corrected chi connectivity index (χ1v) is 5.07. The minimum absolute atomic E-state index is 0.262. The number of aryl methyl sites for hydroxylation is 1. The van der Waals surface area contributed by atoms with Crippen LogP contribution < -0.4 is 0 Å². The Bertz CT molecular complexity index is 322. The number of rotatable bonds is 5. The van der Waals surface area contributed by atoms with Gasteiger partial charge in [-0.15, -0.1) is 0 Å². The lowest BCUT2D eigenvalue weighted by molar-refractivity contribution is -0.153. The quantitative estimate of drug-likeness (QED) is 0.736. The van der Waals surface area contributed by atoms with E-state index in [4.69, 9.17) is 4.74 Å². The van der Waals surface area contributed by atoms with Crippen LogP contribution in [0.15, 0.2) is 12.3 Å². The summed E-state index contributed by atoms with van der Waals surface area (Å²) in [4.78, 5) is 11.3. The highest BCUT2D eigenvalue weighted by atomic mass is 16.5. The number of nitrogens with zero attached hydrogens (tertiary/aromatic N) is 2. The Morgan fingerprint density at radius 2 is 2.40 bits per heavy atom. The summed E-state index contributed by atoms with van der Waals surface area (Å²) >= 11 is 0. The van der Waals surface area contributed by atoms with E-state index < -0.39 is 12.1 Å². The van der Waals surface area contributed by atoms with Crippen molar-refractivity contribution in [2.75, 3.05) is 6.61 Å². The van der Waals surface area contributed by atoms with Gasteiger partial charge in [0, 0.05) is 12.7 Å². The fourth-order valence-corrected chi connectivity index (χ4v) is 1.32. The Balaban J connectivity index is 2.76. The van der Waals surface area contributed by atoms with E-state index in [1.807, 2.05) is 6.92 Å². The summed E-state index contributed by atoms with van der Waals surface area (Å²) in [6, 6.07) is 1.62. The summed E-state index contributed by atoms with van der Waals surface area (Å²) in [7, 11) is 0. The molecule has 1 heterocycles. The topological polar surface area (TPSA) is 64.3 Å². The molecule has 0 bridgehead atoms. The molecule has 0 saturated carbocycles. The normalized spacial score (nSPS) is 12.5. The Morgan fingerprint density at radius 1 is 1.67 bits per heavy atom. The summed E-state index contributed by atoms with van der Waals surface area (Å²) in [5.41, 5.74) is 0.482. The summed E-state index contributed by atoms with van der Waals surface area (Å²) in [5, 5.41) is 13.7. The highest BCUT2D eigenvalue weighted by Crippen LogP contribution is 2.14. The molecule has 0 saturated heterocycles. The molecular weight excluding hydrogens is 196 g/mol. The van der Waals surface area contributed by atoms with Crippen LogP contribution in [-0.4, -0.2) is 27.5 Å².